The Hall–Kier alpha value is -0.680. The van der Waals surface area contributed by atoms with E-state index in [1.54, 1.807) is 18.2 Å². The molecule has 0 radical (unpaired) electrons. The Morgan fingerprint density at radius 3 is 2.67 bits per heavy atom. The number of rotatable bonds is 4. The average Bonchev–Trinajstić information content (AvgIpc) is 2.39. The van der Waals surface area contributed by atoms with Gasteiger partial charge in [0.1, 0.15) is 11.4 Å². The number of benzene rings is 1. The Kier molecular flexibility index (Phi) is 4.56. The highest BCUT2D eigenvalue weighted by Crippen LogP contribution is 2.22. The van der Waals surface area contributed by atoms with Crippen molar-refractivity contribution >= 4 is 11.6 Å². The highest BCUT2D eigenvalue weighted by atomic mass is 35.5. The number of hydrogen-bond donors (Lipinski definition) is 0. The fraction of sp³-hybridized carbons (Fsp3) is 0.538. The van der Waals surface area contributed by atoms with Gasteiger partial charge in [-0.15, -0.1) is 11.6 Å². The van der Waals surface area contributed by atoms with E-state index in [2.05, 4.69) is 0 Å². The van der Waals surface area contributed by atoms with Crippen LogP contribution in [0, 0.1) is 5.82 Å². The molecule has 18 heavy (non-hydrogen) atoms. The van der Waals surface area contributed by atoms with Crippen LogP contribution in [0.25, 0.3) is 0 Å². The molecule has 100 valence electrons. The Morgan fingerprint density at radius 2 is 2.06 bits per heavy atom. The summed E-state index contributed by atoms with van der Waals surface area (Å²) in [6.07, 6.45) is -0.378. The van der Waals surface area contributed by atoms with Gasteiger partial charge in [-0.25, -0.2) is 4.39 Å². The van der Waals surface area contributed by atoms with E-state index in [9.17, 15) is 4.39 Å². The summed E-state index contributed by atoms with van der Waals surface area (Å²) in [6.45, 7) is 2.84. The predicted octanol–water partition coefficient (Wildman–Crippen LogP) is 2.71. The van der Waals surface area contributed by atoms with Crippen molar-refractivity contribution in [1.82, 2.24) is 0 Å². The van der Waals surface area contributed by atoms with E-state index in [1.807, 2.05) is 6.92 Å². The molecule has 1 aliphatic rings. The van der Waals surface area contributed by atoms with Crippen molar-refractivity contribution in [2.45, 2.75) is 25.4 Å². The third-order valence-electron chi connectivity index (χ3n) is 2.81. The monoisotopic (exact) mass is 274 g/mol. The summed E-state index contributed by atoms with van der Waals surface area (Å²) in [5.41, 5.74) is -0.0385. The number of alkyl halides is 1. The van der Waals surface area contributed by atoms with Crippen LogP contribution in [-0.2, 0) is 20.8 Å². The molecule has 0 N–H and O–H groups in total. The van der Waals surface area contributed by atoms with Crippen molar-refractivity contribution in [3.63, 3.8) is 0 Å². The molecular formula is C13H16ClFO3. The van der Waals surface area contributed by atoms with Gasteiger partial charge < -0.3 is 14.2 Å². The molecule has 1 heterocycles. The summed E-state index contributed by atoms with van der Waals surface area (Å²) in [5.74, 6) is 0.0287. The zero-order chi connectivity index (χ0) is 13.0. The normalized spacial score (nSPS) is 28.3. The van der Waals surface area contributed by atoms with Crippen molar-refractivity contribution < 1.29 is 18.6 Å². The van der Waals surface area contributed by atoms with E-state index in [-0.39, 0.29) is 18.7 Å². The number of ether oxygens (including phenoxy) is 3. The fourth-order valence-electron chi connectivity index (χ4n) is 1.67. The maximum Gasteiger partial charge on any atom is 0.171 e. The molecule has 1 aromatic carbocycles. The Labute approximate surface area is 111 Å². The smallest absolute Gasteiger partial charge is 0.171 e. The topological polar surface area (TPSA) is 27.7 Å². The first-order valence-electron chi connectivity index (χ1n) is 5.79. The molecule has 0 bridgehead atoms. The van der Waals surface area contributed by atoms with E-state index in [0.29, 0.717) is 24.7 Å². The molecule has 0 amide bonds. The first kappa shape index (κ1) is 13.7. The van der Waals surface area contributed by atoms with Gasteiger partial charge in [0.2, 0.25) is 0 Å². The molecular weight excluding hydrogens is 259 g/mol. The molecule has 0 aromatic heterocycles. The zero-order valence-electron chi connectivity index (χ0n) is 10.2. The summed E-state index contributed by atoms with van der Waals surface area (Å²) < 4.78 is 29.9. The minimum atomic E-state index is -0.565. The molecule has 2 rings (SSSR count). The molecule has 0 aliphatic carbocycles. The van der Waals surface area contributed by atoms with Crippen LogP contribution in [0.4, 0.5) is 4.39 Å². The molecule has 5 heteroatoms. The van der Waals surface area contributed by atoms with Gasteiger partial charge in [0.15, 0.2) is 6.29 Å². The molecule has 1 aliphatic heterocycles. The van der Waals surface area contributed by atoms with Crippen LogP contribution in [0.5, 0.6) is 0 Å². The summed E-state index contributed by atoms with van der Waals surface area (Å²) in [7, 11) is 0. The lowest BCUT2D eigenvalue weighted by Crippen LogP contribution is -2.47. The van der Waals surface area contributed by atoms with Crippen molar-refractivity contribution in [3.8, 4) is 0 Å². The van der Waals surface area contributed by atoms with Gasteiger partial charge in [0.05, 0.1) is 25.7 Å². The first-order valence-corrected chi connectivity index (χ1v) is 6.33. The third-order valence-corrected chi connectivity index (χ3v) is 3.06. The maximum absolute atomic E-state index is 13.4. The van der Waals surface area contributed by atoms with Gasteiger partial charge in [-0.3, -0.25) is 0 Å². The standard InChI is InChI=1S/C13H16ClFO3/c1-13(8-16-12(6-14)17-9-13)18-7-10-4-2-3-5-11(10)15/h2-5,12H,6-9H2,1H3/t12-,13+. The summed E-state index contributed by atoms with van der Waals surface area (Å²) in [6, 6.07) is 6.54. The van der Waals surface area contributed by atoms with Gasteiger partial charge >= 0.3 is 0 Å². The quantitative estimate of drug-likeness (QED) is 0.790. The second-order valence-corrected chi connectivity index (χ2v) is 4.84. The van der Waals surface area contributed by atoms with Crippen LogP contribution in [0.1, 0.15) is 12.5 Å². The van der Waals surface area contributed by atoms with Crippen LogP contribution < -0.4 is 0 Å². The van der Waals surface area contributed by atoms with Crippen LogP contribution in [0.2, 0.25) is 0 Å². The Morgan fingerprint density at radius 1 is 1.39 bits per heavy atom. The predicted molar refractivity (Wildman–Crippen MR) is 66.0 cm³/mol. The van der Waals surface area contributed by atoms with Crippen LogP contribution in [0.15, 0.2) is 24.3 Å². The molecule has 1 aromatic rings. The largest absolute Gasteiger partial charge is 0.366 e. The molecule has 1 saturated heterocycles. The van der Waals surface area contributed by atoms with Gasteiger partial charge in [-0.1, -0.05) is 18.2 Å². The second kappa shape index (κ2) is 5.97. The lowest BCUT2D eigenvalue weighted by atomic mass is 10.1. The molecule has 1 fully saturated rings. The molecule has 3 nitrogen and oxygen atoms in total. The minimum absolute atomic E-state index is 0.196. The second-order valence-electron chi connectivity index (χ2n) is 4.54. The molecule has 0 saturated carbocycles. The average molecular weight is 275 g/mol. The van der Waals surface area contributed by atoms with E-state index in [4.69, 9.17) is 25.8 Å². The van der Waals surface area contributed by atoms with Crippen molar-refractivity contribution in [3.05, 3.63) is 35.6 Å². The van der Waals surface area contributed by atoms with Crippen molar-refractivity contribution in [2.75, 3.05) is 19.1 Å². The first-order chi connectivity index (χ1) is 8.63. The summed E-state index contributed by atoms with van der Waals surface area (Å²) >= 11 is 5.63. The maximum atomic E-state index is 13.4. The third kappa shape index (κ3) is 3.42. The van der Waals surface area contributed by atoms with Crippen molar-refractivity contribution in [2.24, 2.45) is 0 Å². The van der Waals surface area contributed by atoms with Crippen LogP contribution >= 0.6 is 11.6 Å². The fourth-order valence-corrected chi connectivity index (χ4v) is 1.85. The van der Waals surface area contributed by atoms with Gasteiger partial charge in [-0.2, -0.15) is 0 Å². The molecule has 0 unspecified atom stereocenters. The Bertz CT molecular complexity index is 392. The molecule has 0 spiro atoms. The SMILES string of the molecule is C[C@]1(OCc2ccccc2F)CO[C@@H](CCl)OC1. The van der Waals surface area contributed by atoms with Gasteiger partial charge in [0, 0.05) is 5.56 Å². The van der Waals surface area contributed by atoms with Crippen molar-refractivity contribution in [1.29, 1.82) is 0 Å². The number of halogens is 2. The van der Waals surface area contributed by atoms with Crippen LogP contribution in [-0.4, -0.2) is 31.0 Å². The number of hydrogen-bond acceptors (Lipinski definition) is 3. The Balaban J connectivity index is 1.88. The summed E-state index contributed by atoms with van der Waals surface area (Å²) in [5, 5.41) is 0. The highest BCUT2D eigenvalue weighted by Gasteiger charge is 2.33. The van der Waals surface area contributed by atoms with Crippen LogP contribution in [0.3, 0.4) is 0 Å². The van der Waals surface area contributed by atoms with E-state index in [1.165, 1.54) is 6.07 Å². The zero-order valence-corrected chi connectivity index (χ0v) is 11.0. The van der Waals surface area contributed by atoms with Gasteiger partial charge in [0.25, 0.3) is 0 Å². The minimum Gasteiger partial charge on any atom is -0.366 e. The van der Waals surface area contributed by atoms with E-state index in [0.717, 1.165) is 0 Å². The summed E-state index contributed by atoms with van der Waals surface area (Å²) in [4.78, 5) is 0. The van der Waals surface area contributed by atoms with E-state index >= 15 is 0 Å². The van der Waals surface area contributed by atoms with Gasteiger partial charge in [-0.05, 0) is 13.0 Å². The highest BCUT2D eigenvalue weighted by molar-refractivity contribution is 6.18. The molecule has 0 atom stereocenters. The lowest BCUT2D eigenvalue weighted by molar-refractivity contribution is -0.255. The lowest BCUT2D eigenvalue weighted by Gasteiger charge is -2.36. The van der Waals surface area contributed by atoms with E-state index < -0.39 is 5.60 Å².